The second kappa shape index (κ2) is 8.18. The molecule has 1 N–H and O–H groups in total. The first-order valence-electron chi connectivity index (χ1n) is 9.43. The summed E-state index contributed by atoms with van der Waals surface area (Å²) in [5.74, 6) is 1.15. The molecule has 0 aliphatic carbocycles. The first-order chi connectivity index (χ1) is 14.1. The van der Waals surface area contributed by atoms with Crippen LogP contribution in [-0.2, 0) is 11.3 Å². The third-order valence-corrected chi connectivity index (χ3v) is 4.64. The quantitative estimate of drug-likeness (QED) is 0.697. The van der Waals surface area contributed by atoms with E-state index in [1.807, 2.05) is 31.2 Å². The maximum atomic E-state index is 12.2. The third-order valence-electron chi connectivity index (χ3n) is 4.64. The van der Waals surface area contributed by atoms with Crippen molar-refractivity contribution >= 4 is 11.6 Å². The monoisotopic (exact) mass is 391 g/mol. The smallest absolute Gasteiger partial charge is 0.266 e. The number of amides is 1. The zero-order chi connectivity index (χ0) is 20.2. The molecule has 148 valence electrons. The van der Waals surface area contributed by atoms with Gasteiger partial charge in [-0.2, -0.15) is 5.10 Å². The van der Waals surface area contributed by atoms with E-state index in [1.165, 1.54) is 10.7 Å². The Bertz CT molecular complexity index is 1090. The summed E-state index contributed by atoms with van der Waals surface area (Å²) in [6, 6.07) is 16.5. The van der Waals surface area contributed by atoms with Crippen LogP contribution in [0.4, 0.5) is 5.69 Å². The average molecular weight is 391 g/mol. The number of carbonyl (C=O) groups is 1. The lowest BCUT2D eigenvalue weighted by Gasteiger charge is -2.08. The molecule has 0 unspecified atom stereocenters. The van der Waals surface area contributed by atoms with E-state index in [-0.39, 0.29) is 24.7 Å². The molecule has 1 aliphatic heterocycles. The van der Waals surface area contributed by atoms with E-state index in [0.29, 0.717) is 30.2 Å². The molecular formula is C22H21N3O4. The van der Waals surface area contributed by atoms with Crippen LogP contribution in [0.2, 0.25) is 0 Å². The predicted molar refractivity (Wildman–Crippen MR) is 109 cm³/mol. The van der Waals surface area contributed by atoms with Gasteiger partial charge in [-0.05, 0) is 31.5 Å². The first kappa shape index (κ1) is 18.7. The molecule has 4 rings (SSSR count). The minimum atomic E-state index is -0.183. The van der Waals surface area contributed by atoms with Gasteiger partial charge in [-0.25, -0.2) is 4.68 Å². The van der Waals surface area contributed by atoms with Crippen LogP contribution in [0, 0.1) is 6.92 Å². The van der Waals surface area contributed by atoms with Gasteiger partial charge in [-0.1, -0.05) is 29.8 Å². The lowest BCUT2D eigenvalue weighted by Crippen LogP contribution is -2.23. The molecule has 2 aromatic carbocycles. The van der Waals surface area contributed by atoms with Crippen LogP contribution in [0.15, 0.2) is 59.4 Å². The number of ether oxygens (including phenoxy) is 2. The molecule has 1 aliphatic rings. The Morgan fingerprint density at radius 2 is 1.86 bits per heavy atom. The first-order valence-corrected chi connectivity index (χ1v) is 9.43. The molecule has 7 nitrogen and oxygen atoms in total. The Morgan fingerprint density at radius 3 is 2.69 bits per heavy atom. The van der Waals surface area contributed by atoms with Crippen molar-refractivity contribution in [2.75, 3.05) is 12.1 Å². The van der Waals surface area contributed by atoms with E-state index in [2.05, 4.69) is 10.4 Å². The predicted octanol–water partition coefficient (Wildman–Crippen LogP) is 3.37. The zero-order valence-corrected chi connectivity index (χ0v) is 16.1. The molecule has 29 heavy (non-hydrogen) atoms. The number of carbonyl (C=O) groups excluding carboxylic acids is 1. The van der Waals surface area contributed by atoms with Gasteiger partial charge in [0, 0.05) is 36.3 Å². The van der Waals surface area contributed by atoms with Crippen molar-refractivity contribution in [1.29, 1.82) is 0 Å². The SMILES string of the molecule is Cc1ccc(-c2ccc(=O)n(CCCC(=O)Nc3ccc4c(c3)OCO4)n2)cc1. The molecule has 0 saturated carbocycles. The number of anilines is 1. The third kappa shape index (κ3) is 4.45. The molecule has 1 aromatic heterocycles. The number of hydrogen-bond donors (Lipinski definition) is 1. The highest BCUT2D eigenvalue weighted by Crippen LogP contribution is 2.34. The van der Waals surface area contributed by atoms with E-state index in [4.69, 9.17) is 9.47 Å². The van der Waals surface area contributed by atoms with Crippen molar-refractivity contribution in [1.82, 2.24) is 9.78 Å². The molecule has 0 radical (unpaired) electrons. The summed E-state index contributed by atoms with van der Waals surface area (Å²) >= 11 is 0. The van der Waals surface area contributed by atoms with E-state index in [9.17, 15) is 9.59 Å². The molecule has 3 aromatic rings. The average Bonchev–Trinajstić information content (AvgIpc) is 3.18. The standard InChI is InChI=1S/C22H21N3O4/c1-15-4-6-16(7-5-15)18-9-11-22(27)25(24-18)12-2-3-21(26)23-17-8-10-19-20(13-17)29-14-28-19/h4-11,13H,2-3,12,14H2,1H3,(H,23,26). The van der Waals surface area contributed by atoms with E-state index >= 15 is 0 Å². The fourth-order valence-corrected chi connectivity index (χ4v) is 3.07. The van der Waals surface area contributed by atoms with Gasteiger partial charge in [0.05, 0.1) is 5.69 Å². The number of aryl methyl sites for hydroxylation is 2. The van der Waals surface area contributed by atoms with Crippen molar-refractivity contribution in [3.63, 3.8) is 0 Å². The van der Waals surface area contributed by atoms with Crippen molar-refractivity contribution in [3.05, 3.63) is 70.5 Å². The van der Waals surface area contributed by atoms with Gasteiger partial charge in [-0.3, -0.25) is 9.59 Å². The fourth-order valence-electron chi connectivity index (χ4n) is 3.07. The molecule has 0 fully saturated rings. The zero-order valence-electron chi connectivity index (χ0n) is 16.1. The minimum absolute atomic E-state index is 0.133. The van der Waals surface area contributed by atoms with Crippen molar-refractivity contribution in [2.24, 2.45) is 0 Å². The Kier molecular flexibility index (Phi) is 5.29. The lowest BCUT2D eigenvalue weighted by molar-refractivity contribution is -0.116. The molecule has 0 spiro atoms. The summed E-state index contributed by atoms with van der Waals surface area (Å²) in [4.78, 5) is 24.3. The van der Waals surface area contributed by atoms with Crippen LogP contribution in [0.25, 0.3) is 11.3 Å². The summed E-state index contributed by atoms with van der Waals surface area (Å²) in [6.45, 7) is 2.58. The number of hydrogen-bond acceptors (Lipinski definition) is 5. The van der Waals surface area contributed by atoms with E-state index < -0.39 is 0 Å². The highest BCUT2D eigenvalue weighted by atomic mass is 16.7. The lowest BCUT2D eigenvalue weighted by atomic mass is 10.1. The van der Waals surface area contributed by atoms with Gasteiger partial charge in [0.2, 0.25) is 12.7 Å². The molecule has 7 heteroatoms. The summed E-state index contributed by atoms with van der Waals surface area (Å²) in [7, 11) is 0. The highest BCUT2D eigenvalue weighted by Gasteiger charge is 2.14. The number of nitrogens with zero attached hydrogens (tertiary/aromatic N) is 2. The number of aromatic nitrogens is 2. The van der Waals surface area contributed by atoms with Crippen LogP contribution < -0.4 is 20.3 Å². The summed E-state index contributed by atoms with van der Waals surface area (Å²) in [5.41, 5.74) is 3.31. The van der Waals surface area contributed by atoms with Gasteiger partial charge >= 0.3 is 0 Å². The highest BCUT2D eigenvalue weighted by molar-refractivity contribution is 5.91. The normalized spacial score (nSPS) is 12.0. The van der Waals surface area contributed by atoms with Gasteiger partial charge in [0.25, 0.3) is 5.56 Å². The van der Waals surface area contributed by atoms with Crippen LogP contribution in [0.1, 0.15) is 18.4 Å². The van der Waals surface area contributed by atoms with Crippen molar-refractivity contribution < 1.29 is 14.3 Å². The van der Waals surface area contributed by atoms with E-state index in [0.717, 1.165) is 16.8 Å². The minimum Gasteiger partial charge on any atom is -0.454 e. The molecular weight excluding hydrogens is 370 g/mol. The molecule has 0 bridgehead atoms. The van der Waals surface area contributed by atoms with Crippen LogP contribution in [0.3, 0.4) is 0 Å². The van der Waals surface area contributed by atoms with Gasteiger partial charge in [0.1, 0.15) is 0 Å². The Hall–Kier alpha value is -3.61. The summed E-state index contributed by atoms with van der Waals surface area (Å²) < 4.78 is 12.0. The van der Waals surface area contributed by atoms with E-state index in [1.54, 1.807) is 24.3 Å². The molecule has 1 amide bonds. The summed E-state index contributed by atoms with van der Waals surface area (Å²) in [5, 5.41) is 7.27. The second-order valence-electron chi connectivity index (χ2n) is 6.87. The molecule has 2 heterocycles. The maximum absolute atomic E-state index is 12.2. The Morgan fingerprint density at radius 1 is 1.07 bits per heavy atom. The molecule has 0 saturated heterocycles. The number of benzene rings is 2. The summed E-state index contributed by atoms with van der Waals surface area (Å²) in [6.07, 6.45) is 0.776. The van der Waals surface area contributed by atoms with Gasteiger partial charge in [0.15, 0.2) is 11.5 Å². The number of fused-ring (bicyclic) bond motifs is 1. The van der Waals surface area contributed by atoms with Crippen LogP contribution in [-0.4, -0.2) is 22.5 Å². The molecule has 0 atom stereocenters. The van der Waals surface area contributed by atoms with Gasteiger partial charge < -0.3 is 14.8 Å². The van der Waals surface area contributed by atoms with Crippen molar-refractivity contribution in [2.45, 2.75) is 26.3 Å². The Balaban J connectivity index is 1.35. The largest absolute Gasteiger partial charge is 0.454 e. The van der Waals surface area contributed by atoms with Gasteiger partial charge in [-0.15, -0.1) is 0 Å². The Labute approximate surface area is 167 Å². The van der Waals surface area contributed by atoms with Crippen LogP contribution in [0.5, 0.6) is 11.5 Å². The van der Waals surface area contributed by atoms with Crippen LogP contribution >= 0.6 is 0 Å². The fraction of sp³-hybridized carbons (Fsp3) is 0.227. The number of nitrogens with one attached hydrogen (secondary N) is 1. The topological polar surface area (TPSA) is 82.5 Å². The van der Waals surface area contributed by atoms with Crippen molar-refractivity contribution in [3.8, 4) is 22.8 Å². The maximum Gasteiger partial charge on any atom is 0.266 e. The number of rotatable bonds is 6. The second-order valence-corrected chi connectivity index (χ2v) is 6.87.